The van der Waals surface area contributed by atoms with E-state index in [2.05, 4.69) is 0 Å². The Kier molecular flexibility index (Phi) is 6.87. The van der Waals surface area contributed by atoms with Crippen LogP contribution in [-0.2, 0) is 0 Å². The highest BCUT2D eigenvalue weighted by atomic mass is 19.2. The number of nitrogens with zero attached hydrogens (tertiary/aromatic N) is 2. The van der Waals surface area contributed by atoms with E-state index in [4.69, 9.17) is 5.11 Å². The van der Waals surface area contributed by atoms with Gasteiger partial charge >= 0.3 is 0 Å². The molecule has 0 saturated carbocycles. The van der Waals surface area contributed by atoms with Gasteiger partial charge in [-0.1, -0.05) is 13.0 Å². The summed E-state index contributed by atoms with van der Waals surface area (Å²) in [5.41, 5.74) is -0.118. The van der Waals surface area contributed by atoms with Crippen molar-refractivity contribution in [2.45, 2.75) is 13.8 Å². The maximum absolute atomic E-state index is 14.1. The molecule has 1 aliphatic rings. The third-order valence-corrected chi connectivity index (χ3v) is 4.96. The number of aliphatic hydroxyl groups is 2. The minimum absolute atomic E-state index is 0.0267. The summed E-state index contributed by atoms with van der Waals surface area (Å²) in [6.07, 6.45) is 0. The van der Waals surface area contributed by atoms with Gasteiger partial charge in [-0.2, -0.15) is 0 Å². The molecule has 0 aromatic heterocycles. The molecule has 7 heteroatoms. The lowest BCUT2D eigenvalue weighted by Crippen LogP contribution is -2.36. The molecule has 25 heavy (non-hydrogen) atoms. The first-order chi connectivity index (χ1) is 11.9. The van der Waals surface area contributed by atoms with Crippen LogP contribution in [0.4, 0.5) is 8.78 Å². The van der Waals surface area contributed by atoms with Crippen molar-refractivity contribution in [3.8, 4) is 0 Å². The van der Waals surface area contributed by atoms with Crippen molar-refractivity contribution in [2.24, 2.45) is 11.8 Å². The SMILES string of the molecule is CCN(CCO)C[C@H]1CN(C(=O)c2ccc(C)c(F)c2F)C[C@H]1CO. The third-order valence-electron chi connectivity index (χ3n) is 4.96. The molecule has 1 aliphatic heterocycles. The molecule has 5 nitrogen and oxygen atoms in total. The topological polar surface area (TPSA) is 64.0 Å². The predicted molar refractivity (Wildman–Crippen MR) is 90.3 cm³/mol. The fraction of sp³-hybridized carbons (Fsp3) is 0.611. The Bertz CT molecular complexity index is 612. The summed E-state index contributed by atoms with van der Waals surface area (Å²) < 4.78 is 27.8. The van der Waals surface area contributed by atoms with Crippen LogP contribution in [0.1, 0.15) is 22.8 Å². The van der Waals surface area contributed by atoms with E-state index in [1.165, 1.54) is 24.0 Å². The van der Waals surface area contributed by atoms with E-state index in [1.54, 1.807) is 0 Å². The number of likely N-dealkylation sites (N-methyl/N-ethyl adjacent to an activating group) is 1. The molecule has 2 rings (SSSR count). The first-order valence-corrected chi connectivity index (χ1v) is 8.60. The molecule has 0 unspecified atom stereocenters. The Hall–Kier alpha value is -1.57. The quantitative estimate of drug-likeness (QED) is 0.772. The number of aryl methyl sites for hydroxylation is 1. The fourth-order valence-corrected chi connectivity index (χ4v) is 3.35. The van der Waals surface area contributed by atoms with E-state index in [0.29, 0.717) is 26.2 Å². The molecule has 2 atom stereocenters. The van der Waals surface area contributed by atoms with Crippen molar-refractivity contribution in [3.63, 3.8) is 0 Å². The van der Waals surface area contributed by atoms with E-state index in [9.17, 15) is 18.7 Å². The van der Waals surface area contributed by atoms with Gasteiger partial charge in [0.05, 0.1) is 12.2 Å². The molecule has 140 valence electrons. The average molecular weight is 356 g/mol. The standard InChI is InChI=1S/C18H26F2N2O3/c1-3-21(6-7-23)8-13-9-22(10-14(13)11-24)18(25)15-5-4-12(2)16(19)17(15)20/h4-5,13-14,23-24H,3,6-11H2,1-2H3/t13-,14-/m0/s1. The Labute approximate surface area is 146 Å². The lowest BCUT2D eigenvalue weighted by atomic mass is 9.96. The largest absolute Gasteiger partial charge is 0.396 e. The first-order valence-electron chi connectivity index (χ1n) is 8.60. The molecule has 1 amide bonds. The summed E-state index contributed by atoms with van der Waals surface area (Å²) in [6.45, 7) is 5.99. The number of halogens is 2. The lowest BCUT2D eigenvalue weighted by Gasteiger charge is -2.25. The smallest absolute Gasteiger partial charge is 0.256 e. The Morgan fingerprint density at radius 1 is 1.24 bits per heavy atom. The highest BCUT2D eigenvalue weighted by Gasteiger charge is 2.36. The van der Waals surface area contributed by atoms with Crippen molar-refractivity contribution in [1.29, 1.82) is 0 Å². The van der Waals surface area contributed by atoms with Gasteiger partial charge < -0.3 is 20.0 Å². The van der Waals surface area contributed by atoms with Gasteiger partial charge in [0, 0.05) is 38.7 Å². The normalized spacial score (nSPS) is 20.5. The number of hydrogen-bond donors (Lipinski definition) is 2. The number of rotatable bonds is 7. The van der Waals surface area contributed by atoms with Crippen molar-refractivity contribution < 1.29 is 23.8 Å². The van der Waals surface area contributed by atoms with Crippen LogP contribution in [0.5, 0.6) is 0 Å². The highest BCUT2D eigenvalue weighted by Crippen LogP contribution is 2.27. The van der Waals surface area contributed by atoms with E-state index < -0.39 is 17.5 Å². The summed E-state index contributed by atoms with van der Waals surface area (Å²) in [4.78, 5) is 16.1. The molecule has 1 fully saturated rings. The van der Waals surface area contributed by atoms with Gasteiger partial charge in [-0.15, -0.1) is 0 Å². The maximum Gasteiger partial charge on any atom is 0.256 e. The van der Waals surface area contributed by atoms with Crippen molar-refractivity contribution in [3.05, 3.63) is 34.9 Å². The number of hydrogen-bond acceptors (Lipinski definition) is 4. The number of aliphatic hydroxyl groups excluding tert-OH is 2. The molecule has 0 radical (unpaired) electrons. The second-order valence-electron chi connectivity index (χ2n) is 6.59. The summed E-state index contributed by atoms with van der Waals surface area (Å²) in [6, 6.07) is 2.70. The third kappa shape index (κ3) is 4.34. The number of carbonyl (C=O) groups excluding carboxylic acids is 1. The summed E-state index contributed by atoms with van der Waals surface area (Å²) >= 11 is 0. The molecule has 0 bridgehead atoms. The van der Waals surface area contributed by atoms with Crippen molar-refractivity contribution in [2.75, 3.05) is 45.9 Å². The van der Waals surface area contributed by atoms with Gasteiger partial charge in [0.1, 0.15) is 0 Å². The van der Waals surface area contributed by atoms with E-state index >= 15 is 0 Å². The Morgan fingerprint density at radius 2 is 1.92 bits per heavy atom. The molecule has 0 spiro atoms. The molecule has 1 saturated heterocycles. The number of carbonyl (C=O) groups is 1. The van der Waals surface area contributed by atoms with Crippen LogP contribution >= 0.6 is 0 Å². The van der Waals surface area contributed by atoms with E-state index in [-0.39, 0.29) is 36.2 Å². The van der Waals surface area contributed by atoms with Gasteiger partial charge in [-0.05, 0) is 31.0 Å². The van der Waals surface area contributed by atoms with Crippen LogP contribution in [0.25, 0.3) is 0 Å². The highest BCUT2D eigenvalue weighted by molar-refractivity contribution is 5.94. The van der Waals surface area contributed by atoms with Crippen LogP contribution < -0.4 is 0 Å². The average Bonchev–Trinajstić information content (AvgIpc) is 3.01. The first kappa shape index (κ1) is 19.8. The van der Waals surface area contributed by atoms with Crippen LogP contribution in [0, 0.1) is 30.4 Å². The Balaban J connectivity index is 2.13. The second kappa shape index (κ2) is 8.69. The van der Waals surface area contributed by atoms with Gasteiger partial charge in [0.2, 0.25) is 0 Å². The van der Waals surface area contributed by atoms with Crippen LogP contribution in [-0.4, -0.2) is 71.9 Å². The second-order valence-corrected chi connectivity index (χ2v) is 6.59. The summed E-state index contributed by atoms with van der Waals surface area (Å²) in [5.74, 6) is -2.76. The zero-order valence-corrected chi connectivity index (χ0v) is 14.7. The van der Waals surface area contributed by atoms with Crippen LogP contribution in [0.15, 0.2) is 12.1 Å². The van der Waals surface area contributed by atoms with Gasteiger partial charge in [-0.3, -0.25) is 4.79 Å². The monoisotopic (exact) mass is 356 g/mol. The Morgan fingerprint density at radius 3 is 2.52 bits per heavy atom. The minimum Gasteiger partial charge on any atom is -0.396 e. The number of benzene rings is 1. The molecule has 1 heterocycles. The van der Waals surface area contributed by atoms with E-state index in [0.717, 1.165) is 6.54 Å². The minimum atomic E-state index is -1.12. The lowest BCUT2D eigenvalue weighted by molar-refractivity contribution is 0.0772. The summed E-state index contributed by atoms with van der Waals surface area (Å²) in [5, 5.41) is 18.7. The van der Waals surface area contributed by atoms with Gasteiger partial charge in [0.25, 0.3) is 5.91 Å². The van der Waals surface area contributed by atoms with Crippen molar-refractivity contribution >= 4 is 5.91 Å². The molecule has 0 aliphatic carbocycles. The van der Waals surface area contributed by atoms with Crippen LogP contribution in [0.2, 0.25) is 0 Å². The van der Waals surface area contributed by atoms with E-state index in [1.807, 2.05) is 11.8 Å². The van der Waals surface area contributed by atoms with Gasteiger partial charge in [-0.25, -0.2) is 8.78 Å². The number of amides is 1. The maximum atomic E-state index is 14.1. The predicted octanol–water partition coefficient (Wildman–Crippen LogP) is 1.27. The van der Waals surface area contributed by atoms with Crippen LogP contribution in [0.3, 0.4) is 0 Å². The molecule has 1 aromatic rings. The fourth-order valence-electron chi connectivity index (χ4n) is 3.35. The number of likely N-dealkylation sites (tertiary alicyclic amines) is 1. The van der Waals surface area contributed by atoms with Gasteiger partial charge in [0.15, 0.2) is 11.6 Å². The molecule has 2 N–H and O–H groups in total. The molecular formula is C18H26F2N2O3. The zero-order valence-electron chi connectivity index (χ0n) is 14.7. The summed E-state index contributed by atoms with van der Waals surface area (Å²) in [7, 11) is 0. The molecular weight excluding hydrogens is 330 g/mol. The zero-order chi connectivity index (χ0) is 18.6. The molecule has 1 aromatic carbocycles. The van der Waals surface area contributed by atoms with Crippen molar-refractivity contribution in [1.82, 2.24) is 9.80 Å².